The summed E-state index contributed by atoms with van der Waals surface area (Å²) >= 11 is 0. The highest BCUT2D eigenvalue weighted by Crippen LogP contribution is 2.39. The molecule has 1 atom stereocenters. The van der Waals surface area contributed by atoms with Crippen molar-refractivity contribution >= 4 is 10.8 Å². The van der Waals surface area contributed by atoms with Crippen LogP contribution in [0.4, 0.5) is 0 Å². The quantitative estimate of drug-likeness (QED) is 0.869. The van der Waals surface area contributed by atoms with Crippen molar-refractivity contribution in [2.75, 3.05) is 6.54 Å². The number of phenolic OH excluding ortho intramolecular Hbond substituents is 1. The van der Waals surface area contributed by atoms with Crippen molar-refractivity contribution in [2.24, 2.45) is 5.73 Å². The van der Waals surface area contributed by atoms with Crippen molar-refractivity contribution in [3.63, 3.8) is 0 Å². The maximum Gasteiger partial charge on any atom is 0.122 e. The summed E-state index contributed by atoms with van der Waals surface area (Å²) in [6, 6.07) is 8.29. The van der Waals surface area contributed by atoms with Gasteiger partial charge in [-0.25, -0.2) is 0 Å². The number of fused-ring (bicyclic) bond motifs is 1. The van der Waals surface area contributed by atoms with Crippen molar-refractivity contribution in [1.29, 1.82) is 0 Å². The van der Waals surface area contributed by atoms with Crippen LogP contribution in [0.5, 0.6) is 5.75 Å². The lowest BCUT2D eigenvalue weighted by Gasteiger charge is -2.22. The molecule has 2 aromatic rings. The lowest BCUT2D eigenvalue weighted by atomic mass is 9.85. The lowest BCUT2D eigenvalue weighted by molar-refractivity contribution is 0.465. The highest BCUT2D eigenvalue weighted by atomic mass is 16.3. The second-order valence-corrected chi connectivity index (χ2v) is 5.28. The Morgan fingerprint density at radius 3 is 2.32 bits per heavy atom. The van der Waals surface area contributed by atoms with E-state index in [9.17, 15) is 5.11 Å². The maximum absolute atomic E-state index is 10.4. The summed E-state index contributed by atoms with van der Waals surface area (Å²) in [5.41, 5.74) is 9.13. The van der Waals surface area contributed by atoms with Gasteiger partial charge in [0.25, 0.3) is 0 Å². The summed E-state index contributed by atoms with van der Waals surface area (Å²) in [6.07, 6.45) is 2.16. The molecule has 0 aromatic heterocycles. The van der Waals surface area contributed by atoms with Gasteiger partial charge in [0.2, 0.25) is 0 Å². The molecule has 0 aliphatic rings. The van der Waals surface area contributed by atoms with Crippen LogP contribution < -0.4 is 5.73 Å². The van der Waals surface area contributed by atoms with Gasteiger partial charge in [0.05, 0.1) is 0 Å². The normalized spacial score (nSPS) is 12.8. The molecule has 0 aliphatic carbocycles. The van der Waals surface area contributed by atoms with Gasteiger partial charge in [0.15, 0.2) is 0 Å². The van der Waals surface area contributed by atoms with E-state index in [-0.39, 0.29) is 0 Å². The van der Waals surface area contributed by atoms with Crippen molar-refractivity contribution in [3.05, 3.63) is 41.0 Å². The molecule has 0 saturated heterocycles. The van der Waals surface area contributed by atoms with Gasteiger partial charge < -0.3 is 10.8 Å². The van der Waals surface area contributed by atoms with E-state index in [1.165, 1.54) is 10.9 Å². The fourth-order valence-electron chi connectivity index (χ4n) is 3.04. The van der Waals surface area contributed by atoms with Gasteiger partial charge in [0.1, 0.15) is 5.75 Å². The third kappa shape index (κ3) is 2.33. The number of hydrogen-bond donors (Lipinski definition) is 2. The Morgan fingerprint density at radius 2 is 1.74 bits per heavy atom. The van der Waals surface area contributed by atoms with E-state index in [0.29, 0.717) is 18.2 Å². The summed E-state index contributed by atoms with van der Waals surface area (Å²) in [4.78, 5) is 0. The largest absolute Gasteiger partial charge is 0.507 e. The van der Waals surface area contributed by atoms with Crippen molar-refractivity contribution < 1.29 is 5.11 Å². The minimum Gasteiger partial charge on any atom is -0.507 e. The Labute approximate surface area is 115 Å². The molecule has 2 aromatic carbocycles. The molecule has 1 unspecified atom stereocenters. The predicted octanol–water partition coefficient (Wildman–Crippen LogP) is 4.00. The first-order valence-corrected chi connectivity index (χ1v) is 7.02. The molecule has 0 aliphatic heterocycles. The van der Waals surface area contributed by atoms with Crippen LogP contribution in [0.2, 0.25) is 0 Å². The molecule has 0 fully saturated rings. The number of phenols is 1. The molecular weight excluding hydrogens is 234 g/mol. The van der Waals surface area contributed by atoms with Crippen LogP contribution in [0, 0.1) is 13.8 Å². The van der Waals surface area contributed by atoms with E-state index in [1.54, 1.807) is 0 Å². The third-order valence-electron chi connectivity index (χ3n) is 4.07. The summed E-state index contributed by atoms with van der Waals surface area (Å²) in [5.74, 6) is 0.740. The van der Waals surface area contributed by atoms with Crippen molar-refractivity contribution in [3.8, 4) is 5.75 Å². The van der Waals surface area contributed by atoms with E-state index >= 15 is 0 Å². The predicted molar refractivity (Wildman–Crippen MR) is 81.8 cm³/mol. The molecule has 19 heavy (non-hydrogen) atoms. The number of nitrogens with two attached hydrogens (primary N) is 1. The van der Waals surface area contributed by atoms with Gasteiger partial charge in [-0.15, -0.1) is 0 Å². The van der Waals surface area contributed by atoms with Crippen LogP contribution in [-0.2, 0) is 0 Å². The summed E-state index contributed by atoms with van der Waals surface area (Å²) in [7, 11) is 0. The van der Waals surface area contributed by atoms with Crippen LogP contribution in [0.15, 0.2) is 24.3 Å². The summed E-state index contributed by atoms with van der Waals surface area (Å²) in [6.45, 7) is 6.78. The smallest absolute Gasteiger partial charge is 0.122 e. The third-order valence-corrected chi connectivity index (χ3v) is 4.07. The Morgan fingerprint density at radius 1 is 1.11 bits per heavy atom. The van der Waals surface area contributed by atoms with Crippen LogP contribution in [0.25, 0.3) is 10.8 Å². The second kappa shape index (κ2) is 5.62. The van der Waals surface area contributed by atoms with E-state index in [0.717, 1.165) is 29.4 Å². The number of benzene rings is 2. The highest BCUT2D eigenvalue weighted by Gasteiger charge is 2.19. The van der Waals surface area contributed by atoms with E-state index < -0.39 is 0 Å². The molecular formula is C17H23NO. The Balaban J connectivity index is 2.78. The highest BCUT2D eigenvalue weighted by molar-refractivity contribution is 5.92. The molecule has 2 nitrogen and oxygen atoms in total. The van der Waals surface area contributed by atoms with Crippen LogP contribution >= 0.6 is 0 Å². The van der Waals surface area contributed by atoms with Gasteiger partial charge in [0, 0.05) is 0 Å². The van der Waals surface area contributed by atoms with Crippen LogP contribution in [0.3, 0.4) is 0 Å². The first kappa shape index (κ1) is 13.9. The molecule has 2 rings (SSSR count). The minimum absolute atomic E-state index is 0.321. The number of aromatic hydroxyl groups is 1. The fourth-order valence-corrected chi connectivity index (χ4v) is 3.04. The second-order valence-electron chi connectivity index (χ2n) is 5.28. The molecule has 0 bridgehead atoms. The van der Waals surface area contributed by atoms with Crippen molar-refractivity contribution in [2.45, 2.75) is 39.5 Å². The van der Waals surface area contributed by atoms with Crippen LogP contribution in [-0.4, -0.2) is 11.7 Å². The Hall–Kier alpha value is -1.54. The minimum atomic E-state index is 0.321. The van der Waals surface area contributed by atoms with Gasteiger partial charge >= 0.3 is 0 Å². The zero-order chi connectivity index (χ0) is 14.0. The first-order valence-electron chi connectivity index (χ1n) is 7.02. The molecule has 0 spiro atoms. The molecule has 102 valence electrons. The fraction of sp³-hybridized carbons (Fsp3) is 0.412. The standard InChI is InChI=1S/C17H23NO/c1-4-7-13(10-18)16-12(3)17(19)11(2)14-8-5-6-9-15(14)16/h5-6,8-9,13,19H,4,7,10,18H2,1-3H3. The topological polar surface area (TPSA) is 46.2 Å². The summed E-state index contributed by atoms with van der Waals surface area (Å²) in [5, 5.41) is 12.7. The van der Waals surface area contributed by atoms with Crippen LogP contribution in [0.1, 0.15) is 42.4 Å². The lowest BCUT2D eigenvalue weighted by Crippen LogP contribution is -2.14. The van der Waals surface area contributed by atoms with Gasteiger partial charge in [-0.2, -0.15) is 0 Å². The molecule has 2 heteroatoms. The average Bonchev–Trinajstić information content (AvgIpc) is 2.44. The Kier molecular flexibility index (Phi) is 4.11. The van der Waals surface area contributed by atoms with Gasteiger partial charge in [-0.05, 0) is 60.2 Å². The van der Waals surface area contributed by atoms with Gasteiger partial charge in [-0.3, -0.25) is 0 Å². The first-order chi connectivity index (χ1) is 9.11. The summed E-state index contributed by atoms with van der Waals surface area (Å²) < 4.78 is 0. The van der Waals surface area contributed by atoms with E-state index in [1.807, 2.05) is 19.9 Å². The SMILES string of the molecule is CCCC(CN)c1c(C)c(O)c(C)c2ccccc12. The number of hydrogen-bond acceptors (Lipinski definition) is 2. The maximum atomic E-state index is 10.4. The molecule has 0 saturated carbocycles. The molecule has 0 radical (unpaired) electrons. The molecule has 0 heterocycles. The molecule has 3 N–H and O–H groups in total. The number of rotatable bonds is 4. The Bertz CT molecular complexity index is 589. The zero-order valence-electron chi connectivity index (χ0n) is 12.0. The molecule has 0 amide bonds. The van der Waals surface area contributed by atoms with Gasteiger partial charge in [-0.1, -0.05) is 37.6 Å². The van der Waals surface area contributed by atoms with E-state index in [2.05, 4.69) is 25.1 Å². The average molecular weight is 257 g/mol. The number of aryl methyl sites for hydroxylation is 1. The monoisotopic (exact) mass is 257 g/mol. The zero-order valence-corrected chi connectivity index (χ0v) is 12.0. The van der Waals surface area contributed by atoms with Crippen molar-refractivity contribution in [1.82, 2.24) is 0 Å². The van der Waals surface area contributed by atoms with E-state index in [4.69, 9.17) is 5.73 Å².